The summed E-state index contributed by atoms with van der Waals surface area (Å²) in [6, 6.07) is 3.18. The molecule has 0 amide bonds. The number of rotatable bonds is 1. The molecule has 0 fully saturated rings. The molecule has 1 aromatic rings. The van der Waals surface area contributed by atoms with E-state index in [1.54, 1.807) is 26.8 Å². The van der Waals surface area contributed by atoms with Crippen LogP contribution in [0.3, 0.4) is 0 Å². The Bertz CT molecular complexity index is 427. The first-order valence-corrected chi connectivity index (χ1v) is 6.20. The van der Waals surface area contributed by atoms with Crippen LogP contribution in [0.25, 0.3) is 0 Å². The van der Waals surface area contributed by atoms with Crippen LogP contribution in [0.1, 0.15) is 31.1 Å². The van der Waals surface area contributed by atoms with Gasteiger partial charge in [0.25, 0.3) is 0 Å². The fraction of sp³-hybridized carbons (Fsp3) is 0.364. The van der Waals surface area contributed by atoms with Gasteiger partial charge in [0, 0.05) is 55.9 Å². The number of esters is 1. The number of carbonyl (C=O) groups is 1. The third-order valence-corrected chi connectivity index (χ3v) is 2.71. The van der Waals surface area contributed by atoms with E-state index in [1.807, 2.05) is 0 Å². The number of phenols is 1. The molecular weight excluding hydrogens is 379 g/mol. The van der Waals surface area contributed by atoms with Gasteiger partial charge in [-0.25, -0.2) is 4.79 Å². The Morgan fingerprint density at radius 2 is 1.82 bits per heavy atom. The number of benzene rings is 1. The maximum absolute atomic E-state index is 11.8. The molecule has 0 saturated heterocycles. The summed E-state index contributed by atoms with van der Waals surface area (Å²) >= 11 is 6.40. The monoisotopic (exact) mass is 389 g/mol. The predicted octanol–water partition coefficient (Wildman–Crippen LogP) is 3.49. The molecule has 1 aromatic carbocycles. The van der Waals surface area contributed by atoms with Crippen molar-refractivity contribution >= 4 is 89.2 Å². The second kappa shape index (κ2) is 7.03. The van der Waals surface area contributed by atoms with Gasteiger partial charge in [-0.05, 0) is 48.8 Å². The van der Waals surface area contributed by atoms with E-state index < -0.39 is 11.6 Å². The molecule has 0 aromatic heterocycles. The zero-order chi connectivity index (χ0) is 12.5. The number of aromatic hydroxyl groups is 1. The van der Waals surface area contributed by atoms with Gasteiger partial charge in [0.1, 0.15) is 16.9 Å². The standard InChI is InChI=1S/C11H12Br2O3.K/c1-11(2,3)16-10(15)7-4-6(12)5-8(13)9(7)14;/h4-5,14H,1-3H3;. The van der Waals surface area contributed by atoms with Gasteiger partial charge < -0.3 is 9.84 Å². The fourth-order valence-corrected chi connectivity index (χ4v) is 2.28. The number of phenolic OH excluding ortho intramolecular Hbond substituents is 1. The summed E-state index contributed by atoms with van der Waals surface area (Å²) in [4.78, 5) is 11.8. The zero-order valence-corrected chi connectivity index (χ0v) is 16.5. The number of carbonyl (C=O) groups excluding carboxylic acids is 1. The number of hydrogen-bond acceptors (Lipinski definition) is 3. The van der Waals surface area contributed by atoms with Crippen LogP contribution < -0.4 is 0 Å². The minimum atomic E-state index is -0.585. The Morgan fingerprint density at radius 3 is 2.29 bits per heavy atom. The van der Waals surface area contributed by atoms with Crippen molar-refractivity contribution < 1.29 is 14.6 Å². The molecule has 89 valence electrons. The van der Waals surface area contributed by atoms with Gasteiger partial charge in [0.2, 0.25) is 0 Å². The molecule has 1 N–H and O–H groups in total. The summed E-state index contributed by atoms with van der Waals surface area (Å²) in [6.07, 6.45) is 0. The predicted molar refractivity (Wildman–Crippen MR) is 74.4 cm³/mol. The summed E-state index contributed by atoms with van der Waals surface area (Å²) in [5, 5.41) is 9.72. The molecule has 0 atom stereocenters. The smallest absolute Gasteiger partial charge is 0.342 e. The summed E-state index contributed by atoms with van der Waals surface area (Å²) in [7, 11) is 0. The molecule has 0 unspecified atom stereocenters. The van der Waals surface area contributed by atoms with E-state index in [0.29, 0.717) is 8.95 Å². The first-order valence-electron chi connectivity index (χ1n) is 4.62. The van der Waals surface area contributed by atoms with Gasteiger partial charge in [-0.3, -0.25) is 0 Å². The first-order chi connectivity index (χ1) is 7.20. The average molecular weight is 391 g/mol. The third kappa shape index (κ3) is 5.71. The van der Waals surface area contributed by atoms with Crippen LogP contribution in [-0.4, -0.2) is 68.1 Å². The molecule has 0 bridgehead atoms. The zero-order valence-electron chi connectivity index (χ0n) is 10.2. The Labute approximate surface area is 160 Å². The maximum atomic E-state index is 11.8. The molecule has 1 radical (unpaired) electrons. The van der Waals surface area contributed by atoms with Gasteiger partial charge in [0.15, 0.2) is 0 Å². The maximum Gasteiger partial charge on any atom is 0.342 e. The van der Waals surface area contributed by atoms with E-state index in [1.165, 1.54) is 6.07 Å². The SMILES string of the molecule is CC(C)(C)OC(=O)c1cc(Br)cc(Br)c1O.[K]. The van der Waals surface area contributed by atoms with E-state index in [0.717, 1.165) is 0 Å². The van der Waals surface area contributed by atoms with Crippen LogP contribution in [0.5, 0.6) is 5.75 Å². The number of halogens is 2. The van der Waals surface area contributed by atoms with Gasteiger partial charge in [-0.15, -0.1) is 0 Å². The molecule has 0 spiro atoms. The second-order valence-electron chi connectivity index (χ2n) is 4.29. The first kappa shape index (κ1) is 18.1. The second-order valence-corrected chi connectivity index (χ2v) is 6.06. The topological polar surface area (TPSA) is 46.5 Å². The van der Waals surface area contributed by atoms with Gasteiger partial charge in [-0.2, -0.15) is 0 Å². The number of ether oxygens (including phenoxy) is 1. The van der Waals surface area contributed by atoms with Crippen LogP contribution in [0, 0.1) is 0 Å². The van der Waals surface area contributed by atoms with Crippen molar-refractivity contribution in [3.05, 3.63) is 26.6 Å². The number of hydrogen-bond donors (Lipinski definition) is 1. The van der Waals surface area contributed by atoms with E-state index in [-0.39, 0.29) is 62.7 Å². The van der Waals surface area contributed by atoms with Crippen molar-refractivity contribution in [1.82, 2.24) is 0 Å². The summed E-state index contributed by atoms with van der Waals surface area (Å²) < 4.78 is 6.31. The summed E-state index contributed by atoms with van der Waals surface area (Å²) in [6.45, 7) is 5.32. The van der Waals surface area contributed by atoms with Crippen molar-refractivity contribution in [2.24, 2.45) is 0 Å². The molecule has 0 saturated carbocycles. The Kier molecular flexibility index (Phi) is 7.47. The molecule has 6 heteroatoms. The van der Waals surface area contributed by atoms with Crippen molar-refractivity contribution in [2.45, 2.75) is 26.4 Å². The van der Waals surface area contributed by atoms with Crippen LogP contribution in [0.15, 0.2) is 21.1 Å². The fourth-order valence-electron chi connectivity index (χ4n) is 1.05. The van der Waals surface area contributed by atoms with Crippen LogP contribution in [-0.2, 0) is 4.74 Å². The van der Waals surface area contributed by atoms with E-state index in [2.05, 4.69) is 31.9 Å². The Balaban J connectivity index is 0.00000256. The van der Waals surface area contributed by atoms with Crippen molar-refractivity contribution in [1.29, 1.82) is 0 Å². The summed E-state index contributed by atoms with van der Waals surface area (Å²) in [5.41, 5.74) is -0.450. The molecule has 3 nitrogen and oxygen atoms in total. The third-order valence-electron chi connectivity index (χ3n) is 1.65. The van der Waals surface area contributed by atoms with E-state index in [9.17, 15) is 9.90 Å². The molecule has 0 aliphatic carbocycles. The van der Waals surface area contributed by atoms with Crippen LogP contribution >= 0.6 is 31.9 Å². The van der Waals surface area contributed by atoms with Crippen LogP contribution in [0.4, 0.5) is 0 Å². The van der Waals surface area contributed by atoms with Gasteiger partial charge >= 0.3 is 5.97 Å². The van der Waals surface area contributed by atoms with Crippen molar-refractivity contribution in [2.75, 3.05) is 0 Å². The molecule has 0 aliphatic rings. The van der Waals surface area contributed by atoms with Gasteiger partial charge in [0.05, 0.1) is 4.47 Å². The minimum absolute atomic E-state index is 0. The average Bonchev–Trinajstić information content (AvgIpc) is 2.08. The van der Waals surface area contributed by atoms with Crippen molar-refractivity contribution in [3.8, 4) is 5.75 Å². The minimum Gasteiger partial charge on any atom is -0.506 e. The Morgan fingerprint density at radius 1 is 1.29 bits per heavy atom. The molecule has 1 rings (SSSR count). The largest absolute Gasteiger partial charge is 0.506 e. The van der Waals surface area contributed by atoms with E-state index in [4.69, 9.17) is 4.74 Å². The van der Waals surface area contributed by atoms with Gasteiger partial charge in [-0.1, -0.05) is 15.9 Å². The Hall–Kier alpha value is 1.09. The molecule has 0 aliphatic heterocycles. The van der Waals surface area contributed by atoms with E-state index >= 15 is 0 Å². The van der Waals surface area contributed by atoms with Crippen LogP contribution in [0.2, 0.25) is 0 Å². The van der Waals surface area contributed by atoms with Crippen molar-refractivity contribution in [3.63, 3.8) is 0 Å². The molecule has 17 heavy (non-hydrogen) atoms. The molecule has 0 heterocycles. The normalized spacial score (nSPS) is 10.6. The summed E-state index contributed by atoms with van der Waals surface area (Å²) in [5.74, 6) is -0.663. The quantitative estimate of drug-likeness (QED) is 0.589. The molecular formula is C11H12Br2KO3.